The normalized spacial score (nSPS) is 20.1. The Morgan fingerprint density at radius 2 is 2.32 bits per heavy atom. The van der Waals surface area contributed by atoms with E-state index in [0.717, 1.165) is 32.2 Å². The van der Waals surface area contributed by atoms with Crippen molar-refractivity contribution in [2.24, 2.45) is 0 Å². The molecule has 1 N–H and O–H groups in total. The molecule has 0 saturated carbocycles. The Bertz CT molecular complexity index is 464. The molecular weight excluding hydrogens is 246 g/mol. The second kappa shape index (κ2) is 5.97. The van der Waals surface area contributed by atoms with E-state index < -0.39 is 0 Å². The van der Waals surface area contributed by atoms with Gasteiger partial charge >= 0.3 is 0 Å². The minimum atomic E-state index is -0.383. The standard InChI is InChI=1S/C13H19N3O3/c1-10-8-14-13(7-12(10)16(18)19)15-6-4-2-3-5-11(15)9-17/h7-8,11,17H,2-6,9H2,1H3. The molecule has 6 nitrogen and oxygen atoms in total. The zero-order valence-corrected chi connectivity index (χ0v) is 11.1. The molecule has 1 unspecified atom stereocenters. The van der Waals surface area contributed by atoms with Gasteiger partial charge in [0.1, 0.15) is 5.82 Å². The first-order valence-electron chi connectivity index (χ1n) is 6.62. The number of nitrogens with zero attached hydrogens (tertiary/aromatic N) is 3. The molecule has 2 heterocycles. The van der Waals surface area contributed by atoms with Crippen LogP contribution in [0.5, 0.6) is 0 Å². The summed E-state index contributed by atoms with van der Waals surface area (Å²) in [5.41, 5.74) is 0.648. The average molecular weight is 265 g/mol. The molecule has 1 aromatic heterocycles. The number of rotatable bonds is 3. The van der Waals surface area contributed by atoms with E-state index in [1.807, 2.05) is 4.90 Å². The second-order valence-corrected chi connectivity index (χ2v) is 4.97. The SMILES string of the molecule is Cc1cnc(N2CCCCCC2CO)cc1[N+](=O)[O-]. The molecule has 0 amide bonds. The van der Waals surface area contributed by atoms with E-state index in [0.29, 0.717) is 11.4 Å². The zero-order valence-electron chi connectivity index (χ0n) is 11.1. The Morgan fingerprint density at radius 1 is 1.53 bits per heavy atom. The monoisotopic (exact) mass is 265 g/mol. The Kier molecular flexibility index (Phi) is 4.31. The van der Waals surface area contributed by atoms with Gasteiger partial charge in [0.15, 0.2) is 0 Å². The molecule has 0 radical (unpaired) electrons. The van der Waals surface area contributed by atoms with Crippen LogP contribution in [0.15, 0.2) is 12.3 Å². The maximum absolute atomic E-state index is 11.0. The van der Waals surface area contributed by atoms with Gasteiger partial charge in [-0.2, -0.15) is 0 Å². The maximum Gasteiger partial charge on any atom is 0.277 e. The molecule has 0 bridgehead atoms. The van der Waals surface area contributed by atoms with Crippen molar-refractivity contribution < 1.29 is 10.0 Å². The first-order chi connectivity index (χ1) is 9.13. The number of aryl methyl sites for hydroxylation is 1. The van der Waals surface area contributed by atoms with Crippen molar-refractivity contribution in [3.05, 3.63) is 27.9 Å². The molecule has 19 heavy (non-hydrogen) atoms. The number of aromatic nitrogens is 1. The van der Waals surface area contributed by atoms with Gasteiger partial charge in [-0.3, -0.25) is 10.1 Å². The van der Waals surface area contributed by atoms with Crippen molar-refractivity contribution in [1.29, 1.82) is 0 Å². The van der Waals surface area contributed by atoms with Gasteiger partial charge in [0.2, 0.25) is 0 Å². The molecule has 1 atom stereocenters. The van der Waals surface area contributed by atoms with Gasteiger partial charge in [-0.05, 0) is 19.8 Å². The summed E-state index contributed by atoms with van der Waals surface area (Å²) in [6.07, 6.45) is 5.67. The van der Waals surface area contributed by atoms with Crippen molar-refractivity contribution in [1.82, 2.24) is 4.98 Å². The summed E-state index contributed by atoms with van der Waals surface area (Å²) >= 11 is 0. The van der Waals surface area contributed by atoms with Gasteiger partial charge in [-0.15, -0.1) is 0 Å². The highest BCUT2D eigenvalue weighted by molar-refractivity contribution is 5.51. The number of anilines is 1. The summed E-state index contributed by atoms with van der Waals surface area (Å²) in [6, 6.07) is 1.53. The highest BCUT2D eigenvalue weighted by Gasteiger charge is 2.23. The van der Waals surface area contributed by atoms with Gasteiger partial charge in [-0.25, -0.2) is 4.98 Å². The molecule has 104 valence electrons. The lowest BCUT2D eigenvalue weighted by atomic mass is 10.1. The summed E-state index contributed by atoms with van der Waals surface area (Å²) < 4.78 is 0. The van der Waals surface area contributed by atoms with Crippen molar-refractivity contribution in [2.75, 3.05) is 18.1 Å². The van der Waals surface area contributed by atoms with Crippen molar-refractivity contribution in [3.8, 4) is 0 Å². The number of aliphatic hydroxyl groups excluding tert-OH is 1. The fraction of sp³-hybridized carbons (Fsp3) is 0.615. The minimum Gasteiger partial charge on any atom is -0.394 e. The van der Waals surface area contributed by atoms with Crippen molar-refractivity contribution in [3.63, 3.8) is 0 Å². The summed E-state index contributed by atoms with van der Waals surface area (Å²) in [6.45, 7) is 2.53. The first kappa shape index (κ1) is 13.7. The highest BCUT2D eigenvalue weighted by Crippen LogP contribution is 2.27. The smallest absolute Gasteiger partial charge is 0.277 e. The summed E-state index contributed by atoms with van der Waals surface area (Å²) in [5.74, 6) is 0.596. The molecule has 1 saturated heterocycles. The van der Waals surface area contributed by atoms with Gasteiger partial charge in [-0.1, -0.05) is 12.8 Å². The topological polar surface area (TPSA) is 79.5 Å². The Balaban J connectivity index is 2.33. The maximum atomic E-state index is 11.0. The fourth-order valence-electron chi connectivity index (χ4n) is 2.53. The Morgan fingerprint density at radius 3 is 3.00 bits per heavy atom. The van der Waals surface area contributed by atoms with Crippen LogP contribution in [0, 0.1) is 17.0 Å². The molecule has 0 spiro atoms. The fourth-order valence-corrected chi connectivity index (χ4v) is 2.53. The second-order valence-electron chi connectivity index (χ2n) is 4.97. The van der Waals surface area contributed by atoms with E-state index in [9.17, 15) is 15.2 Å². The zero-order chi connectivity index (χ0) is 13.8. The quantitative estimate of drug-likeness (QED) is 0.668. The molecule has 0 aliphatic carbocycles. The van der Waals surface area contributed by atoms with E-state index in [2.05, 4.69) is 4.98 Å². The van der Waals surface area contributed by atoms with Crippen LogP contribution in [0.25, 0.3) is 0 Å². The summed E-state index contributed by atoms with van der Waals surface area (Å²) in [5, 5.41) is 20.5. The third kappa shape index (κ3) is 3.01. The van der Waals surface area contributed by atoms with Crippen LogP contribution in [0.3, 0.4) is 0 Å². The van der Waals surface area contributed by atoms with E-state index in [-0.39, 0.29) is 23.3 Å². The Hall–Kier alpha value is -1.69. The van der Waals surface area contributed by atoms with Gasteiger partial charge in [0, 0.05) is 18.3 Å². The van der Waals surface area contributed by atoms with Crippen LogP contribution in [-0.2, 0) is 0 Å². The van der Waals surface area contributed by atoms with Crippen LogP contribution >= 0.6 is 0 Å². The van der Waals surface area contributed by atoms with Crippen molar-refractivity contribution in [2.45, 2.75) is 38.6 Å². The number of nitro groups is 1. The molecule has 1 aromatic rings. The lowest BCUT2D eigenvalue weighted by molar-refractivity contribution is -0.385. The summed E-state index contributed by atoms with van der Waals surface area (Å²) in [4.78, 5) is 16.9. The average Bonchev–Trinajstić information content (AvgIpc) is 2.64. The van der Waals surface area contributed by atoms with Crippen molar-refractivity contribution >= 4 is 11.5 Å². The van der Waals surface area contributed by atoms with Crippen LogP contribution < -0.4 is 4.90 Å². The van der Waals surface area contributed by atoms with Crippen LogP contribution in [0.2, 0.25) is 0 Å². The largest absolute Gasteiger partial charge is 0.394 e. The molecule has 1 aliphatic heterocycles. The minimum absolute atomic E-state index is 0.0114. The van der Waals surface area contributed by atoms with E-state index in [4.69, 9.17) is 0 Å². The predicted molar refractivity (Wildman–Crippen MR) is 72.3 cm³/mol. The first-order valence-corrected chi connectivity index (χ1v) is 6.62. The number of hydrogen-bond acceptors (Lipinski definition) is 5. The lowest BCUT2D eigenvalue weighted by Crippen LogP contribution is -2.38. The third-order valence-electron chi connectivity index (χ3n) is 3.64. The highest BCUT2D eigenvalue weighted by atomic mass is 16.6. The van der Waals surface area contributed by atoms with E-state index in [1.54, 1.807) is 6.92 Å². The number of aliphatic hydroxyl groups is 1. The van der Waals surface area contributed by atoms with Crippen LogP contribution in [0.4, 0.5) is 11.5 Å². The number of pyridine rings is 1. The predicted octanol–water partition coefficient (Wildman–Crippen LogP) is 2.04. The molecular formula is C13H19N3O3. The van der Waals surface area contributed by atoms with Gasteiger partial charge in [0.25, 0.3) is 5.69 Å². The molecule has 1 fully saturated rings. The van der Waals surface area contributed by atoms with Gasteiger partial charge in [0.05, 0.1) is 23.6 Å². The van der Waals surface area contributed by atoms with Gasteiger partial charge < -0.3 is 10.0 Å². The molecule has 1 aliphatic rings. The Labute approximate surface area is 112 Å². The van der Waals surface area contributed by atoms with Crippen LogP contribution in [-0.4, -0.2) is 34.2 Å². The molecule has 6 heteroatoms. The lowest BCUT2D eigenvalue weighted by Gasteiger charge is -2.29. The summed E-state index contributed by atoms with van der Waals surface area (Å²) in [7, 11) is 0. The molecule has 2 rings (SSSR count). The van der Waals surface area contributed by atoms with E-state index >= 15 is 0 Å². The molecule has 0 aromatic carbocycles. The van der Waals surface area contributed by atoms with Crippen LogP contribution in [0.1, 0.15) is 31.2 Å². The number of hydrogen-bond donors (Lipinski definition) is 1. The van der Waals surface area contributed by atoms with E-state index in [1.165, 1.54) is 12.3 Å². The third-order valence-corrected chi connectivity index (χ3v) is 3.64.